The summed E-state index contributed by atoms with van der Waals surface area (Å²) >= 11 is 0. The second-order valence-electron chi connectivity index (χ2n) is 4.54. The number of rotatable bonds is 6. The molecule has 110 valence electrons. The van der Waals surface area contributed by atoms with Gasteiger partial charge >= 0.3 is 5.97 Å². The van der Waals surface area contributed by atoms with E-state index in [4.69, 9.17) is 5.11 Å². The Morgan fingerprint density at radius 1 is 1.26 bits per heavy atom. The van der Waals surface area contributed by atoms with E-state index in [1.165, 1.54) is 4.31 Å². The van der Waals surface area contributed by atoms with Gasteiger partial charge in [-0.25, -0.2) is 12.7 Å². The van der Waals surface area contributed by atoms with E-state index in [9.17, 15) is 18.0 Å². The van der Waals surface area contributed by atoms with E-state index in [1.807, 2.05) is 0 Å². The van der Waals surface area contributed by atoms with Crippen LogP contribution in [-0.2, 0) is 19.6 Å². The molecule has 1 saturated heterocycles. The van der Waals surface area contributed by atoms with E-state index in [2.05, 4.69) is 5.32 Å². The van der Waals surface area contributed by atoms with E-state index in [0.717, 1.165) is 0 Å². The average Bonchev–Trinajstić information content (AvgIpc) is 2.37. The third kappa shape index (κ3) is 5.15. The van der Waals surface area contributed by atoms with Gasteiger partial charge in [-0.05, 0) is 19.8 Å². The van der Waals surface area contributed by atoms with Crippen molar-refractivity contribution in [2.24, 2.45) is 0 Å². The van der Waals surface area contributed by atoms with Gasteiger partial charge in [0, 0.05) is 25.6 Å². The summed E-state index contributed by atoms with van der Waals surface area (Å²) in [7, 11) is -3.15. The molecule has 1 aliphatic heterocycles. The number of hydrogen-bond donors (Lipinski definition) is 2. The normalized spacial score (nSPS) is 18.2. The quantitative estimate of drug-likeness (QED) is 0.704. The van der Waals surface area contributed by atoms with Crippen LogP contribution >= 0.6 is 0 Å². The van der Waals surface area contributed by atoms with Gasteiger partial charge in [-0.2, -0.15) is 0 Å². The molecule has 19 heavy (non-hydrogen) atoms. The van der Waals surface area contributed by atoms with E-state index < -0.39 is 16.0 Å². The number of nitrogens with zero attached hydrogens (tertiary/aromatic N) is 1. The molecule has 1 aliphatic rings. The Balaban J connectivity index is 2.34. The van der Waals surface area contributed by atoms with Gasteiger partial charge in [-0.3, -0.25) is 9.59 Å². The second kappa shape index (κ2) is 6.85. The monoisotopic (exact) mass is 292 g/mol. The van der Waals surface area contributed by atoms with Crippen molar-refractivity contribution in [2.45, 2.75) is 38.6 Å². The van der Waals surface area contributed by atoms with Crippen LogP contribution in [0.1, 0.15) is 32.6 Å². The molecule has 0 aromatic rings. The minimum Gasteiger partial charge on any atom is -0.481 e. The highest BCUT2D eigenvalue weighted by atomic mass is 32.2. The van der Waals surface area contributed by atoms with Crippen LogP contribution in [0.25, 0.3) is 0 Å². The maximum atomic E-state index is 11.6. The summed E-state index contributed by atoms with van der Waals surface area (Å²) in [5.74, 6) is -1.21. The number of carbonyl (C=O) groups is 2. The number of nitrogens with one attached hydrogen (secondary N) is 1. The highest BCUT2D eigenvalue weighted by Crippen LogP contribution is 2.14. The molecule has 8 heteroatoms. The van der Waals surface area contributed by atoms with Crippen molar-refractivity contribution < 1.29 is 23.1 Å². The van der Waals surface area contributed by atoms with Crippen LogP contribution in [0.3, 0.4) is 0 Å². The average molecular weight is 292 g/mol. The Morgan fingerprint density at radius 2 is 1.84 bits per heavy atom. The smallest absolute Gasteiger partial charge is 0.303 e. The van der Waals surface area contributed by atoms with Crippen LogP contribution in [0.2, 0.25) is 0 Å². The van der Waals surface area contributed by atoms with Crippen LogP contribution in [0.4, 0.5) is 0 Å². The Morgan fingerprint density at radius 3 is 2.32 bits per heavy atom. The molecule has 0 unspecified atom stereocenters. The van der Waals surface area contributed by atoms with Crippen molar-refractivity contribution in [1.82, 2.24) is 9.62 Å². The third-order valence-electron chi connectivity index (χ3n) is 3.14. The Kier molecular flexibility index (Phi) is 5.74. The maximum absolute atomic E-state index is 11.6. The number of carbonyl (C=O) groups excluding carboxylic acids is 1. The fraction of sp³-hybridized carbons (Fsp3) is 0.818. The first kappa shape index (κ1) is 15.9. The van der Waals surface area contributed by atoms with Crippen molar-refractivity contribution in [3.05, 3.63) is 0 Å². The molecule has 1 amide bonds. The summed E-state index contributed by atoms with van der Waals surface area (Å²) in [6, 6.07) is -0.0652. The molecule has 0 aromatic heterocycles. The molecule has 0 aliphatic carbocycles. The van der Waals surface area contributed by atoms with Crippen LogP contribution in [0, 0.1) is 0 Å². The first-order valence-electron chi connectivity index (χ1n) is 6.34. The van der Waals surface area contributed by atoms with E-state index in [0.29, 0.717) is 25.9 Å². The zero-order valence-corrected chi connectivity index (χ0v) is 11.8. The maximum Gasteiger partial charge on any atom is 0.303 e. The molecule has 2 N–H and O–H groups in total. The minimum absolute atomic E-state index is 0.0389. The van der Waals surface area contributed by atoms with Crippen LogP contribution in [-0.4, -0.2) is 54.6 Å². The van der Waals surface area contributed by atoms with Gasteiger partial charge in [0.2, 0.25) is 15.9 Å². The summed E-state index contributed by atoms with van der Waals surface area (Å²) in [5.41, 5.74) is 0. The predicted molar refractivity (Wildman–Crippen MR) is 69.1 cm³/mol. The molecule has 0 bridgehead atoms. The van der Waals surface area contributed by atoms with Gasteiger partial charge in [0.15, 0.2) is 0 Å². The Bertz CT molecular complexity index is 426. The van der Waals surface area contributed by atoms with E-state index >= 15 is 0 Å². The molecular weight excluding hydrogens is 272 g/mol. The van der Waals surface area contributed by atoms with Gasteiger partial charge in [0.1, 0.15) is 0 Å². The fourth-order valence-electron chi connectivity index (χ4n) is 1.98. The van der Waals surface area contributed by atoms with E-state index in [-0.39, 0.29) is 30.5 Å². The molecule has 1 rings (SSSR count). The number of carboxylic acids is 1. The van der Waals surface area contributed by atoms with Gasteiger partial charge in [-0.1, -0.05) is 0 Å². The molecule has 0 radical (unpaired) electrons. The molecular formula is C11H20N2O5S. The number of carboxylic acid groups (broad SMARTS) is 1. The van der Waals surface area contributed by atoms with Crippen LogP contribution in [0.5, 0.6) is 0 Å². The highest BCUT2D eigenvalue weighted by molar-refractivity contribution is 7.89. The summed E-state index contributed by atoms with van der Waals surface area (Å²) in [6.45, 7) is 2.41. The second-order valence-corrected chi connectivity index (χ2v) is 6.79. The Labute approximate surface area is 113 Å². The molecule has 0 atom stereocenters. The third-order valence-corrected chi connectivity index (χ3v) is 5.02. The summed E-state index contributed by atoms with van der Waals surface area (Å²) in [5, 5.41) is 11.2. The number of sulfonamides is 1. The topological polar surface area (TPSA) is 104 Å². The van der Waals surface area contributed by atoms with Crippen molar-refractivity contribution >= 4 is 21.9 Å². The summed E-state index contributed by atoms with van der Waals surface area (Å²) < 4.78 is 24.7. The lowest BCUT2D eigenvalue weighted by Crippen LogP contribution is -2.46. The largest absolute Gasteiger partial charge is 0.481 e. The zero-order chi connectivity index (χ0) is 14.5. The van der Waals surface area contributed by atoms with Crippen LogP contribution in [0.15, 0.2) is 0 Å². The highest BCUT2D eigenvalue weighted by Gasteiger charge is 2.27. The number of amides is 1. The van der Waals surface area contributed by atoms with E-state index in [1.54, 1.807) is 6.92 Å². The standard InChI is InChI=1S/C11H20N2O5S/c1-2-19(17,18)13-7-5-9(6-8-13)12-10(14)3-4-11(15)16/h9H,2-8H2,1H3,(H,12,14)(H,15,16). The first-order chi connectivity index (χ1) is 8.85. The van der Waals surface area contributed by atoms with Crippen molar-refractivity contribution in [3.63, 3.8) is 0 Å². The lowest BCUT2D eigenvalue weighted by molar-refractivity contribution is -0.139. The molecule has 7 nitrogen and oxygen atoms in total. The first-order valence-corrected chi connectivity index (χ1v) is 7.95. The molecule has 0 spiro atoms. The predicted octanol–water partition coefficient (Wildman–Crippen LogP) is -0.218. The lowest BCUT2D eigenvalue weighted by Gasteiger charge is -2.31. The van der Waals surface area contributed by atoms with Crippen molar-refractivity contribution in [3.8, 4) is 0 Å². The fourth-order valence-corrected chi connectivity index (χ4v) is 3.11. The molecule has 0 aromatic carbocycles. The molecule has 1 heterocycles. The molecule has 1 fully saturated rings. The summed E-state index contributed by atoms with van der Waals surface area (Å²) in [6.07, 6.45) is 0.910. The van der Waals surface area contributed by atoms with Crippen molar-refractivity contribution in [1.29, 1.82) is 0 Å². The SMILES string of the molecule is CCS(=O)(=O)N1CCC(NC(=O)CCC(=O)O)CC1. The number of hydrogen-bond acceptors (Lipinski definition) is 4. The lowest BCUT2D eigenvalue weighted by atomic mass is 10.1. The van der Waals surface area contributed by atoms with Crippen molar-refractivity contribution in [2.75, 3.05) is 18.8 Å². The zero-order valence-electron chi connectivity index (χ0n) is 11.0. The number of aliphatic carboxylic acids is 1. The van der Waals surface area contributed by atoms with Gasteiger partial charge in [0.05, 0.1) is 12.2 Å². The van der Waals surface area contributed by atoms with Gasteiger partial charge < -0.3 is 10.4 Å². The van der Waals surface area contributed by atoms with Crippen LogP contribution < -0.4 is 5.32 Å². The van der Waals surface area contributed by atoms with Gasteiger partial charge in [0.25, 0.3) is 0 Å². The molecule has 0 saturated carbocycles. The number of piperidine rings is 1. The minimum atomic E-state index is -3.15. The Hall–Kier alpha value is -1.15. The summed E-state index contributed by atoms with van der Waals surface area (Å²) in [4.78, 5) is 21.8. The van der Waals surface area contributed by atoms with Gasteiger partial charge in [-0.15, -0.1) is 0 Å².